The number of hydrogen-bond donors (Lipinski definition) is 0. The summed E-state index contributed by atoms with van der Waals surface area (Å²) in [5, 5.41) is 0. The van der Waals surface area contributed by atoms with Crippen molar-refractivity contribution in [3.63, 3.8) is 0 Å². The van der Waals surface area contributed by atoms with Gasteiger partial charge in [0.25, 0.3) is 0 Å². The first kappa shape index (κ1) is 11.5. The van der Waals surface area contributed by atoms with Gasteiger partial charge >= 0.3 is 12.3 Å². The molecule has 0 heterocycles. The van der Waals surface area contributed by atoms with Crippen LogP contribution in [0.25, 0.3) is 0 Å². The van der Waals surface area contributed by atoms with E-state index in [2.05, 4.69) is 4.74 Å². The molecule has 0 radical (unpaired) electrons. The summed E-state index contributed by atoms with van der Waals surface area (Å²) in [6, 6.07) is 0. The highest BCUT2D eigenvalue weighted by Crippen LogP contribution is 2.19. The summed E-state index contributed by atoms with van der Waals surface area (Å²) in [7, 11) is 0. The van der Waals surface area contributed by atoms with Gasteiger partial charge in [-0.15, -0.1) is 4.94 Å². The largest absolute Gasteiger partial charge is 0.411 e. The monoisotopic (exact) mass is 198 g/mol. The second-order valence-corrected chi connectivity index (χ2v) is 1.82. The first-order chi connectivity index (χ1) is 5.27. The van der Waals surface area contributed by atoms with Gasteiger partial charge in [-0.1, -0.05) is 0 Å². The molecule has 0 fully saturated rings. The van der Waals surface area contributed by atoms with Crippen LogP contribution < -0.4 is 0 Å². The van der Waals surface area contributed by atoms with E-state index in [1.807, 2.05) is 4.94 Å². The Morgan fingerprint density at radius 1 is 0.917 bits per heavy atom. The Morgan fingerprint density at radius 2 is 1.42 bits per heavy atom. The minimum absolute atomic E-state index is 1.77. The van der Waals surface area contributed by atoms with Crippen LogP contribution in [0.3, 0.4) is 0 Å². The molecular formula is C4H4F6O2. The van der Waals surface area contributed by atoms with E-state index in [0.717, 1.165) is 0 Å². The summed E-state index contributed by atoms with van der Waals surface area (Å²) in [6.45, 7) is -3.64. The lowest BCUT2D eigenvalue weighted by atomic mass is 10.6. The van der Waals surface area contributed by atoms with E-state index in [4.69, 9.17) is 0 Å². The molecule has 0 atom stereocenters. The molecule has 12 heavy (non-hydrogen) atoms. The van der Waals surface area contributed by atoms with Crippen LogP contribution in [0.15, 0.2) is 0 Å². The van der Waals surface area contributed by atoms with E-state index in [1.54, 1.807) is 0 Å². The van der Waals surface area contributed by atoms with E-state index in [0.29, 0.717) is 0 Å². The Kier molecular flexibility index (Phi) is 3.78. The molecule has 0 aromatic rings. The third-order valence-corrected chi connectivity index (χ3v) is 0.649. The molecule has 74 valence electrons. The summed E-state index contributed by atoms with van der Waals surface area (Å²) in [5.74, 6) is 0. The fourth-order valence-electron chi connectivity index (χ4n) is 0.308. The molecule has 8 heteroatoms. The van der Waals surface area contributed by atoms with Crippen LogP contribution in [-0.4, -0.2) is 25.5 Å². The molecule has 0 aromatic carbocycles. The molecular weight excluding hydrogens is 194 g/mol. The van der Waals surface area contributed by atoms with Gasteiger partial charge in [0.05, 0.1) is 0 Å². The van der Waals surface area contributed by atoms with Crippen molar-refractivity contribution in [2.24, 2.45) is 0 Å². The summed E-state index contributed by atoms with van der Waals surface area (Å²) < 4.78 is 71.2. The van der Waals surface area contributed by atoms with Crippen molar-refractivity contribution < 1.29 is 36.2 Å². The van der Waals surface area contributed by atoms with Gasteiger partial charge in [-0.05, 0) is 4.53 Å². The van der Waals surface area contributed by atoms with Crippen molar-refractivity contribution in [3.8, 4) is 0 Å². The molecule has 0 aliphatic carbocycles. The van der Waals surface area contributed by atoms with Gasteiger partial charge in [0.15, 0.2) is 0 Å². The van der Waals surface area contributed by atoms with Crippen molar-refractivity contribution in [3.05, 3.63) is 0 Å². The van der Waals surface area contributed by atoms with Crippen LogP contribution in [0.1, 0.15) is 0 Å². The lowest BCUT2D eigenvalue weighted by Crippen LogP contribution is -2.28. The maximum Gasteiger partial charge on any atom is 0.411 e. The molecule has 0 saturated heterocycles. The van der Waals surface area contributed by atoms with Gasteiger partial charge in [0.1, 0.15) is 13.2 Å². The molecule has 0 spiro atoms. The smallest absolute Gasteiger partial charge is 0.363 e. The van der Waals surface area contributed by atoms with Gasteiger partial charge in [-0.3, -0.25) is 0 Å². The standard InChI is InChI=1S/C4H4F6O2/c5-3(6,7)1-11-2-4(8,9)12-10/h1-2H2. The zero-order valence-electron chi connectivity index (χ0n) is 5.50. The summed E-state index contributed by atoms with van der Waals surface area (Å²) in [6.07, 6.45) is -9.04. The topological polar surface area (TPSA) is 18.5 Å². The predicted molar refractivity (Wildman–Crippen MR) is 24.0 cm³/mol. The number of hydrogen-bond acceptors (Lipinski definition) is 2. The molecule has 0 amide bonds. The van der Waals surface area contributed by atoms with E-state index >= 15 is 0 Å². The Labute approximate surface area is 63.0 Å². The molecule has 0 aliphatic rings. The number of halogens is 6. The predicted octanol–water partition coefficient (Wildman–Crippen LogP) is 2.06. The quantitative estimate of drug-likeness (QED) is 0.643. The second kappa shape index (κ2) is 3.94. The first-order valence-corrected chi connectivity index (χ1v) is 2.59. The Balaban J connectivity index is 3.57. The molecule has 0 aliphatic heterocycles. The number of ether oxygens (including phenoxy) is 1. The van der Waals surface area contributed by atoms with Crippen molar-refractivity contribution in [2.45, 2.75) is 12.3 Å². The average Bonchev–Trinajstić information content (AvgIpc) is 1.84. The van der Waals surface area contributed by atoms with Crippen molar-refractivity contribution >= 4 is 0 Å². The summed E-state index contributed by atoms with van der Waals surface area (Å²) in [4.78, 5) is 2.03. The number of rotatable bonds is 4. The van der Waals surface area contributed by atoms with Gasteiger partial charge in [0, 0.05) is 0 Å². The minimum Gasteiger partial charge on any atom is -0.363 e. The van der Waals surface area contributed by atoms with Crippen LogP contribution in [0.5, 0.6) is 0 Å². The normalized spacial score (nSPS) is 13.5. The molecule has 0 bridgehead atoms. The van der Waals surface area contributed by atoms with Gasteiger partial charge in [0.2, 0.25) is 0 Å². The molecule has 2 nitrogen and oxygen atoms in total. The van der Waals surface area contributed by atoms with Crippen LogP contribution in [0, 0.1) is 0 Å². The highest BCUT2D eigenvalue weighted by Gasteiger charge is 2.35. The lowest BCUT2D eigenvalue weighted by Gasteiger charge is -2.11. The van der Waals surface area contributed by atoms with Crippen molar-refractivity contribution in [2.75, 3.05) is 13.2 Å². The van der Waals surface area contributed by atoms with E-state index in [9.17, 15) is 26.5 Å². The molecule has 0 aromatic heterocycles. The first-order valence-electron chi connectivity index (χ1n) is 2.59. The molecule has 0 unspecified atom stereocenters. The fraction of sp³-hybridized carbons (Fsp3) is 1.00. The van der Waals surface area contributed by atoms with Crippen molar-refractivity contribution in [1.82, 2.24) is 0 Å². The maximum absolute atomic E-state index is 11.6. The number of alkyl halides is 5. The van der Waals surface area contributed by atoms with Crippen LogP contribution in [0.2, 0.25) is 0 Å². The highest BCUT2D eigenvalue weighted by atomic mass is 19.4. The van der Waals surface area contributed by atoms with Gasteiger partial charge in [-0.2, -0.15) is 22.0 Å². The van der Waals surface area contributed by atoms with Gasteiger partial charge < -0.3 is 4.74 Å². The van der Waals surface area contributed by atoms with Crippen LogP contribution >= 0.6 is 0 Å². The lowest BCUT2D eigenvalue weighted by molar-refractivity contribution is -0.370. The SMILES string of the molecule is FOC(F)(F)COCC(F)(F)F. The molecule has 0 N–H and O–H groups in total. The van der Waals surface area contributed by atoms with E-state index in [1.165, 1.54) is 0 Å². The van der Waals surface area contributed by atoms with Gasteiger partial charge in [-0.25, -0.2) is 0 Å². The molecule has 0 rings (SSSR count). The summed E-state index contributed by atoms with van der Waals surface area (Å²) >= 11 is 0. The average molecular weight is 198 g/mol. The van der Waals surface area contributed by atoms with Crippen molar-refractivity contribution in [1.29, 1.82) is 0 Å². The third kappa shape index (κ3) is 6.23. The van der Waals surface area contributed by atoms with Crippen LogP contribution in [0.4, 0.5) is 26.5 Å². The Hall–Kier alpha value is -0.500. The zero-order chi connectivity index (χ0) is 9.83. The summed E-state index contributed by atoms with van der Waals surface area (Å²) in [5.41, 5.74) is 0. The van der Waals surface area contributed by atoms with E-state index < -0.39 is 25.5 Å². The zero-order valence-corrected chi connectivity index (χ0v) is 5.50. The minimum atomic E-state index is -4.72. The highest BCUT2D eigenvalue weighted by molar-refractivity contribution is 4.50. The van der Waals surface area contributed by atoms with Crippen LogP contribution in [-0.2, 0) is 9.68 Å². The maximum atomic E-state index is 11.6. The Bertz CT molecular complexity index is 132. The molecule has 0 saturated carbocycles. The fourth-order valence-corrected chi connectivity index (χ4v) is 0.308. The second-order valence-electron chi connectivity index (χ2n) is 1.82. The third-order valence-electron chi connectivity index (χ3n) is 0.649. The Morgan fingerprint density at radius 3 is 1.75 bits per heavy atom. The van der Waals surface area contributed by atoms with E-state index in [-0.39, 0.29) is 0 Å².